The lowest BCUT2D eigenvalue weighted by Crippen LogP contribution is -2.32. The summed E-state index contributed by atoms with van der Waals surface area (Å²) in [7, 11) is -4.05. The van der Waals surface area contributed by atoms with Crippen molar-refractivity contribution in [1.29, 1.82) is 0 Å². The number of hydrogen-bond donors (Lipinski definition) is 1. The van der Waals surface area contributed by atoms with Crippen LogP contribution in [-0.4, -0.2) is 20.2 Å². The summed E-state index contributed by atoms with van der Waals surface area (Å²) in [5, 5.41) is 2.12. The first kappa shape index (κ1) is 15.0. The first-order chi connectivity index (χ1) is 8.69. The van der Waals surface area contributed by atoms with Crippen molar-refractivity contribution >= 4 is 16.0 Å². The van der Waals surface area contributed by atoms with Gasteiger partial charge in [-0.3, -0.25) is 4.79 Å². The van der Waals surface area contributed by atoms with E-state index < -0.39 is 27.5 Å². The van der Waals surface area contributed by atoms with Gasteiger partial charge in [0.05, 0.1) is 6.07 Å². The molecule has 0 unspecified atom stereocenters. The van der Waals surface area contributed by atoms with Crippen LogP contribution in [0.5, 0.6) is 5.75 Å². The minimum Gasteiger partial charge on any atom is -0.428 e. The van der Waals surface area contributed by atoms with Gasteiger partial charge in [0.1, 0.15) is 5.76 Å². The lowest BCUT2D eigenvalue weighted by molar-refractivity contribution is -0.117. The number of aryl methyl sites for hydroxylation is 1. The smallest absolute Gasteiger partial charge is 0.339 e. The fourth-order valence-electron chi connectivity index (χ4n) is 1.10. The summed E-state index contributed by atoms with van der Waals surface area (Å²) in [6.07, 6.45) is 0. The molecule has 0 aliphatic carbocycles. The molecule has 0 fully saturated rings. The van der Waals surface area contributed by atoms with Crippen LogP contribution in [-0.2, 0) is 14.9 Å². The van der Waals surface area contributed by atoms with Gasteiger partial charge >= 0.3 is 15.7 Å². The van der Waals surface area contributed by atoms with Crippen LogP contribution >= 0.6 is 0 Å². The molecule has 0 saturated carbocycles. The second-order valence-corrected chi connectivity index (χ2v) is 5.37. The van der Waals surface area contributed by atoms with Gasteiger partial charge in [0.15, 0.2) is 11.6 Å². The van der Waals surface area contributed by atoms with Gasteiger partial charge in [-0.2, -0.15) is 8.42 Å². The Labute approximate surface area is 110 Å². The monoisotopic (exact) mass is 287 g/mol. The quantitative estimate of drug-likeness (QED) is 0.617. The lowest BCUT2D eigenvalue weighted by atomic mass is 10.3. The van der Waals surface area contributed by atoms with Crippen LogP contribution in [0.3, 0.4) is 0 Å². The summed E-state index contributed by atoms with van der Waals surface area (Å²) < 4.78 is 32.4. The molecule has 0 aliphatic heterocycles. The molecule has 7 nitrogen and oxygen atoms in total. The summed E-state index contributed by atoms with van der Waals surface area (Å²) >= 11 is 0. The molecule has 1 aromatic heterocycles. The van der Waals surface area contributed by atoms with E-state index in [1.54, 1.807) is 0 Å². The molecule has 0 saturated heterocycles. The molecule has 0 bridgehead atoms. The maximum atomic E-state index is 11.6. The van der Waals surface area contributed by atoms with Gasteiger partial charge in [0.2, 0.25) is 5.91 Å². The Morgan fingerprint density at radius 1 is 1.47 bits per heavy atom. The van der Waals surface area contributed by atoms with Gasteiger partial charge in [-0.05, 0) is 13.8 Å². The summed E-state index contributed by atoms with van der Waals surface area (Å²) in [6.45, 7) is 6.28. The van der Waals surface area contributed by atoms with Crippen molar-refractivity contribution in [2.45, 2.75) is 13.8 Å². The zero-order valence-electron chi connectivity index (χ0n) is 10.4. The van der Waals surface area contributed by atoms with E-state index in [9.17, 15) is 18.0 Å². The predicted octanol–water partition coefficient (Wildman–Crippen LogP) is 0.307. The molecule has 0 atom stereocenters. The molecule has 19 heavy (non-hydrogen) atoms. The summed E-state index contributed by atoms with van der Waals surface area (Å²) in [5.41, 5.74) is -0.553. The van der Waals surface area contributed by atoms with Crippen molar-refractivity contribution in [3.63, 3.8) is 0 Å². The van der Waals surface area contributed by atoms with Gasteiger partial charge in [-0.15, -0.1) is 0 Å². The first-order valence-corrected chi connectivity index (χ1v) is 6.75. The van der Waals surface area contributed by atoms with Crippen molar-refractivity contribution in [2.75, 3.05) is 5.88 Å². The SMILES string of the molecule is C=C(C)C(=O)NCS(=O)(=O)Oc1cc(C)oc(=O)c1. The van der Waals surface area contributed by atoms with Gasteiger partial charge in [-0.1, -0.05) is 6.58 Å². The van der Waals surface area contributed by atoms with Crippen LogP contribution < -0.4 is 15.1 Å². The van der Waals surface area contributed by atoms with E-state index in [4.69, 9.17) is 0 Å². The maximum Gasteiger partial charge on any atom is 0.339 e. The highest BCUT2D eigenvalue weighted by molar-refractivity contribution is 7.87. The fraction of sp³-hybridized carbons (Fsp3) is 0.273. The van der Waals surface area contributed by atoms with Crippen LogP contribution in [0.1, 0.15) is 12.7 Å². The second-order valence-electron chi connectivity index (χ2n) is 3.79. The van der Waals surface area contributed by atoms with E-state index in [0.717, 1.165) is 6.07 Å². The number of nitrogens with one attached hydrogen (secondary N) is 1. The van der Waals surface area contributed by atoms with Crippen molar-refractivity contribution in [3.8, 4) is 5.75 Å². The van der Waals surface area contributed by atoms with E-state index in [1.807, 2.05) is 0 Å². The van der Waals surface area contributed by atoms with Gasteiger partial charge in [0.25, 0.3) is 0 Å². The van der Waals surface area contributed by atoms with E-state index in [-0.39, 0.29) is 17.1 Å². The van der Waals surface area contributed by atoms with Gasteiger partial charge in [-0.25, -0.2) is 4.79 Å². The topological polar surface area (TPSA) is 103 Å². The normalized spacial score (nSPS) is 10.8. The van der Waals surface area contributed by atoms with Crippen LogP contribution in [0, 0.1) is 6.92 Å². The van der Waals surface area contributed by atoms with Crippen LogP contribution in [0.15, 0.2) is 33.5 Å². The van der Waals surface area contributed by atoms with E-state index in [0.29, 0.717) is 0 Å². The first-order valence-electron chi connectivity index (χ1n) is 5.17. The predicted molar refractivity (Wildman–Crippen MR) is 67.1 cm³/mol. The zero-order valence-corrected chi connectivity index (χ0v) is 11.2. The van der Waals surface area contributed by atoms with Crippen molar-refractivity contribution in [2.24, 2.45) is 0 Å². The van der Waals surface area contributed by atoms with Crippen LogP contribution in [0.25, 0.3) is 0 Å². The molecule has 8 heteroatoms. The molecular weight excluding hydrogens is 274 g/mol. The highest BCUT2D eigenvalue weighted by Gasteiger charge is 2.15. The Morgan fingerprint density at radius 3 is 2.63 bits per heavy atom. The van der Waals surface area contributed by atoms with Crippen molar-refractivity contribution in [3.05, 3.63) is 40.5 Å². The summed E-state index contributed by atoms with van der Waals surface area (Å²) in [6, 6.07) is 2.14. The van der Waals surface area contributed by atoms with Gasteiger partial charge < -0.3 is 13.9 Å². The average molecular weight is 287 g/mol. The van der Waals surface area contributed by atoms with E-state index >= 15 is 0 Å². The molecule has 0 radical (unpaired) electrons. The third-order valence-electron chi connectivity index (χ3n) is 1.89. The summed E-state index contributed by atoms with van der Waals surface area (Å²) in [5.74, 6) is -1.28. The third-order valence-corrected chi connectivity index (χ3v) is 2.83. The van der Waals surface area contributed by atoms with Crippen molar-refractivity contribution < 1.29 is 21.8 Å². The molecule has 0 aromatic carbocycles. The highest BCUT2D eigenvalue weighted by Crippen LogP contribution is 2.12. The van der Waals surface area contributed by atoms with E-state index in [1.165, 1.54) is 19.9 Å². The van der Waals surface area contributed by atoms with Crippen LogP contribution in [0.2, 0.25) is 0 Å². The second kappa shape index (κ2) is 5.70. The number of hydrogen-bond acceptors (Lipinski definition) is 6. The molecule has 1 amide bonds. The van der Waals surface area contributed by atoms with Crippen LogP contribution in [0.4, 0.5) is 0 Å². The molecule has 1 heterocycles. The molecule has 1 aromatic rings. The molecule has 1 rings (SSSR count). The summed E-state index contributed by atoms with van der Waals surface area (Å²) in [4.78, 5) is 22.2. The standard InChI is InChI=1S/C11H13NO6S/c1-7(2)11(14)12-6-19(15,16)18-9-4-8(3)17-10(13)5-9/h4-5H,1,6H2,2-3H3,(H,12,14). The molecule has 104 valence electrons. The van der Waals surface area contributed by atoms with Crippen molar-refractivity contribution in [1.82, 2.24) is 5.32 Å². The third kappa shape index (κ3) is 4.96. The number of carbonyl (C=O) groups excluding carboxylic acids is 1. The zero-order chi connectivity index (χ0) is 14.6. The number of amides is 1. The Morgan fingerprint density at radius 2 is 2.11 bits per heavy atom. The highest BCUT2D eigenvalue weighted by atomic mass is 32.2. The Kier molecular flexibility index (Phi) is 4.49. The molecule has 0 spiro atoms. The molecule has 1 N–H and O–H groups in total. The minimum absolute atomic E-state index is 0.168. The molecule has 0 aliphatic rings. The fourth-order valence-corrected chi connectivity index (χ4v) is 1.86. The minimum atomic E-state index is -4.05. The Hall–Kier alpha value is -2.09. The van der Waals surface area contributed by atoms with Gasteiger partial charge in [0, 0.05) is 11.6 Å². The largest absolute Gasteiger partial charge is 0.428 e. The van der Waals surface area contributed by atoms with E-state index in [2.05, 4.69) is 20.5 Å². The number of rotatable bonds is 5. The lowest BCUT2D eigenvalue weighted by Gasteiger charge is -2.08. The number of carbonyl (C=O) groups is 1. The Balaban J connectivity index is 2.77. The molecular formula is C11H13NO6S. The maximum absolute atomic E-state index is 11.6. The Bertz CT molecular complexity index is 658. The average Bonchev–Trinajstić information content (AvgIpc) is 2.23.